The van der Waals surface area contributed by atoms with Crippen LogP contribution in [0.3, 0.4) is 0 Å². The van der Waals surface area contributed by atoms with Crippen molar-refractivity contribution in [1.29, 1.82) is 0 Å². The lowest BCUT2D eigenvalue weighted by Gasteiger charge is -2.29. The highest BCUT2D eigenvalue weighted by atomic mass is 79.9. The number of hydrogen-bond donors (Lipinski definition) is 1. The zero-order chi connectivity index (χ0) is 15.2. The number of anilines is 1. The number of hydrogen-bond acceptors (Lipinski definition) is 4. The average Bonchev–Trinajstić information content (AvgIpc) is 2.50. The monoisotopic (exact) mass is 355 g/mol. The van der Waals surface area contributed by atoms with Crippen LogP contribution in [-0.2, 0) is 9.47 Å². The van der Waals surface area contributed by atoms with Crippen molar-refractivity contribution < 1.29 is 14.3 Å². The molecule has 1 aliphatic carbocycles. The second-order valence-electron chi connectivity index (χ2n) is 5.27. The Hall–Kier alpha value is -1.07. The van der Waals surface area contributed by atoms with Gasteiger partial charge in [-0.05, 0) is 66.7 Å². The topological polar surface area (TPSA) is 47.6 Å². The highest BCUT2D eigenvalue weighted by molar-refractivity contribution is 9.10. The molecule has 1 saturated carbocycles. The van der Waals surface area contributed by atoms with E-state index in [-0.39, 0.29) is 5.97 Å². The number of methoxy groups -OCH3 is 1. The van der Waals surface area contributed by atoms with Crippen molar-refractivity contribution in [3.05, 3.63) is 28.2 Å². The molecule has 21 heavy (non-hydrogen) atoms. The van der Waals surface area contributed by atoms with Crippen LogP contribution in [0.2, 0.25) is 0 Å². The number of carbonyl (C=O) groups excluding carboxylic acids is 1. The van der Waals surface area contributed by atoms with Crippen LogP contribution in [0, 0.1) is 0 Å². The number of nitrogens with one attached hydrogen (secondary N) is 1. The Bertz CT molecular complexity index is 484. The molecule has 0 radical (unpaired) electrons. The number of esters is 1. The summed E-state index contributed by atoms with van der Waals surface area (Å²) in [6.07, 6.45) is 4.78. The standard InChI is InChI=1S/C16H22BrNO3/c1-3-21-16(19)11-4-9-15(14(17)10-11)18-12-5-7-13(20-2)8-6-12/h4,9-10,12-13,18H,3,5-8H2,1-2H3. The third-order valence-corrected chi connectivity index (χ3v) is 4.50. The molecule has 1 N–H and O–H groups in total. The highest BCUT2D eigenvalue weighted by Crippen LogP contribution is 2.29. The molecule has 0 amide bonds. The summed E-state index contributed by atoms with van der Waals surface area (Å²) in [4.78, 5) is 11.7. The Morgan fingerprint density at radius 3 is 2.62 bits per heavy atom. The van der Waals surface area contributed by atoms with Gasteiger partial charge in [0.25, 0.3) is 0 Å². The van der Waals surface area contributed by atoms with Gasteiger partial charge in [-0.25, -0.2) is 4.79 Å². The van der Waals surface area contributed by atoms with Gasteiger partial charge in [0.15, 0.2) is 0 Å². The van der Waals surface area contributed by atoms with Gasteiger partial charge in [-0.1, -0.05) is 0 Å². The third-order valence-electron chi connectivity index (χ3n) is 3.85. The van der Waals surface area contributed by atoms with Gasteiger partial charge >= 0.3 is 5.97 Å². The number of rotatable bonds is 5. The van der Waals surface area contributed by atoms with E-state index in [1.54, 1.807) is 26.2 Å². The predicted molar refractivity (Wildman–Crippen MR) is 86.8 cm³/mol. The highest BCUT2D eigenvalue weighted by Gasteiger charge is 2.21. The molecule has 116 valence electrons. The second kappa shape index (κ2) is 7.80. The predicted octanol–water partition coefficient (Wildman–Crippen LogP) is 4.00. The first-order valence-corrected chi connectivity index (χ1v) is 8.19. The summed E-state index contributed by atoms with van der Waals surface area (Å²) >= 11 is 3.52. The molecule has 0 atom stereocenters. The van der Waals surface area contributed by atoms with Gasteiger partial charge in [-0.15, -0.1) is 0 Å². The van der Waals surface area contributed by atoms with Gasteiger partial charge in [-0.3, -0.25) is 0 Å². The van der Waals surface area contributed by atoms with Crippen molar-refractivity contribution in [2.45, 2.75) is 44.8 Å². The van der Waals surface area contributed by atoms with Crippen LogP contribution in [0.15, 0.2) is 22.7 Å². The van der Waals surface area contributed by atoms with Crippen molar-refractivity contribution >= 4 is 27.6 Å². The van der Waals surface area contributed by atoms with E-state index in [0.29, 0.717) is 24.3 Å². The zero-order valence-corrected chi connectivity index (χ0v) is 14.1. The zero-order valence-electron chi connectivity index (χ0n) is 12.5. The molecule has 2 rings (SSSR count). The molecular weight excluding hydrogens is 334 g/mol. The Morgan fingerprint density at radius 2 is 2.05 bits per heavy atom. The van der Waals surface area contributed by atoms with Crippen LogP contribution >= 0.6 is 15.9 Å². The molecule has 0 unspecified atom stereocenters. The molecule has 1 fully saturated rings. The molecule has 1 aromatic rings. The fourth-order valence-electron chi connectivity index (χ4n) is 2.64. The summed E-state index contributed by atoms with van der Waals surface area (Å²) in [7, 11) is 1.78. The molecule has 0 spiro atoms. The summed E-state index contributed by atoms with van der Waals surface area (Å²) in [5, 5.41) is 3.54. The smallest absolute Gasteiger partial charge is 0.338 e. The number of carbonyl (C=O) groups is 1. The summed E-state index contributed by atoms with van der Waals surface area (Å²) in [6.45, 7) is 2.19. The summed E-state index contributed by atoms with van der Waals surface area (Å²) < 4.78 is 11.3. The molecule has 4 nitrogen and oxygen atoms in total. The van der Waals surface area contributed by atoms with E-state index in [1.165, 1.54) is 0 Å². The molecule has 0 heterocycles. The van der Waals surface area contributed by atoms with Crippen molar-refractivity contribution in [3.8, 4) is 0 Å². The van der Waals surface area contributed by atoms with E-state index in [1.807, 2.05) is 6.07 Å². The Balaban J connectivity index is 1.97. The minimum Gasteiger partial charge on any atom is -0.462 e. The molecule has 1 aromatic carbocycles. The fraction of sp³-hybridized carbons (Fsp3) is 0.562. The molecule has 0 aromatic heterocycles. The first kappa shape index (κ1) is 16.3. The van der Waals surface area contributed by atoms with Crippen LogP contribution in [0.5, 0.6) is 0 Å². The number of benzene rings is 1. The van der Waals surface area contributed by atoms with Gasteiger partial charge in [0.2, 0.25) is 0 Å². The molecule has 1 aliphatic rings. The largest absolute Gasteiger partial charge is 0.462 e. The van der Waals surface area contributed by atoms with Crippen molar-refractivity contribution in [2.24, 2.45) is 0 Å². The van der Waals surface area contributed by atoms with Crippen LogP contribution < -0.4 is 5.32 Å². The van der Waals surface area contributed by atoms with Gasteiger partial charge < -0.3 is 14.8 Å². The maximum atomic E-state index is 11.7. The van der Waals surface area contributed by atoms with E-state index in [0.717, 1.165) is 35.8 Å². The quantitative estimate of drug-likeness (QED) is 0.811. The van der Waals surface area contributed by atoms with Gasteiger partial charge in [0.05, 0.1) is 18.3 Å². The minimum absolute atomic E-state index is 0.287. The summed E-state index contributed by atoms with van der Waals surface area (Å²) in [6, 6.07) is 5.99. The van der Waals surface area contributed by atoms with Gasteiger partial charge in [0.1, 0.15) is 0 Å². The van der Waals surface area contributed by atoms with Crippen LogP contribution in [0.4, 0.5) is 5.69 Å². The molecule has 0 bridgehead atoms. The first-order valence-electron chi connectivity index (χ1n) is 7.40. The van der Waals surface area contributed by atoms with E-state index in [9.17, 15) is 4.79 Å². The van der Waals surface area contributed by atoms with E-state index < -0.39 is 0 Å². The molecule has 0 saturated heterocycles. The number of ether oxygens (including phenoxy) is 2. The van der Waals surface area contributed by atoms with E-state index in [2.05, 4.69) is 21.2 Å². The normalized spacial score (nSPS) is 21.9. The van der Waals surface area contributed by atoms with E-state index >= 15 is 0 Å². The molecule has 0 aliphatic heterocycles. The second-order valence-corrected chi connectivity index (χ2v) is 6.12. The van der Waals surface area contributed by atoms with Crippen molar-refractivity contribution in [2.75, 3.05) is 19.0 Å². The van der Waals surface area contributed by atoms with Crippen molar-refractivity contribution in [3.63, 3.8) is 0 Å². The third kappa shape index (κ3) is 4.45. The summed E-state index contributed by atoms with van der Waals surface area (Å²) in [5.74, 6) is -0.287. The van der Waals surface area contributed by atoms with Crippen LogP contribution in [-0.4, -0.2) is 31.8 Å². The SMILES string of the molecule is CCOC(=O)c1ccc(NC2CCC(OC)CC2)c(Br)c1. The first-order chi connectivity index (χ1) is 10.1. The van der Waals surface area contributed by atoms with Gasteiger partial charge in [-0.2, -0.15) is 0 Å². The van der Waals surface area contributed by atoms with Crippen LogP contribution in [0.1, 0.15) is 43.0 Å². The maximum Gasteiger partial charge on any atom is 0.338 e. The Kier molecular flexibility index (Phi) is 6.06. The van der Waals surface area contributed by atoms with Crippen LogP contribution in [0.25, 0.3) is 0 Å². The van der Waals surface area contributed by atoms with Gasteiger partial charge in [0, 0.05) is 23.3 Å². The fourth-order valence-corrected chi connectivity index (χ4v) is 3.13. The molecular formula is C16H22BrNO3. The lowest BCUT2D eigenvalue weighted by atomic mass is 9.93. The molecule has 5 heteroatoms. The Morgan fingerprint density at radius 1 is 1.33 bits per heavy atom. The average molecular weight is 356 g/mol. The number of halogens is 1. The van der Waals surface area contributed by atoms with Crippen molar-refractivity contribution in [1.82, 2.24) is 0 Å². The van der Waals surface area contributed by atoms with E-state index in [4.69, 9.17) is 9.47 Å². The Labute approximate surface area is 134 Å². The summed E-state index contributed by atoms with van der Waals surface area (Å²) in [5.41, 5.74) is 1.58. The lowest BCUT2D eigenvalue weighted by Crippen LogP contribution is -2.29. The minimum atomic E-state index is -0.287. The lowest BCUT2D eigenvalue weighted by molar-refractivity contribution is 0.0526. The maximum absolute atomic E-state index is 11.7.